The van der Waals surface area contributed by atoms with Crippen molar-refractivity contribution >= 4 is 11.8 Å². The third-order valence-corrected chi connectivity index (χ3v) is 9.19. The number of amides is 1. The number of nitrogens with one attached hydrogen (secondary N) is 1. The Bertz CT molecular complexity index is 1470. The summed E-state index contributed by atoms with van der Waals surface area (Å²) in [7, 11) is 3.32. The highest BCUT2D eigenvalue weighted by atomic mass is 17.1. The van der Waals surface area contributed by atoms with Crippen LogP contribution >= 0.6 is 0 Å². The second kappa shape index (κ2) is 19.5. The maximum atomic E-state index is 13.7. The van der Waals surface area contributed by atoms with Crippen LogP contribution in [0.4, 0.5) is 10.5 Å². The summed E-state index contributed by atoms with van der Waals surface area (Å²) in [6.45, 7) is 3.73. The molecule has 51 heavy (non-hydrogen) atoms. The Hall–Kier alpha value is -4.10. The molecule has 1 saturated heterocycles. The first kappa shape index (κ1) is 38.1. The van der Waals surface area contributed by atoms with Gasteiger partial charge >= 0.3 is 6.09 Å². The molecule has 4 N–H and O–H groups in total. The van der Waals surface area contributed by atoms with Gasteiger partial charge in [0.05, 0.1) is 57.2 Å². The minimum Gasteiger partial charge on any atom is -0.497 e. The molecule has 0 radical (unpaired) electrons. The zero-order valence-electron chi connectivity index (χ0n) is 29.1. The second-order valence-corrected chi connectivity index (χ2v) is 12.6. The highest BCUT2D eigenvalue weighted by molar-refractivity contribution is 5.68. The van der Waals surface area contributed by atoms with Gasteiger partial charge in [0.2, 0.25) is 0 Å². The van der Waals surface area contributed by atoms with Crippen molar-refractivity contribution in [3.8, 4) is 11.5 Å². The van der Waals surface area contributed by atoms with E-state index in [1.165, 1.54) is 0 Å². The number of piperidine rings is 1. The van der Waals surface area contributed by atoms with Gasteiger partial charge in [0.15, 0.2) is 5.82 Å². The summed E-state index contributed by atoms with van der Waals surface area (Å²) in [5, 5.41) is 41.8. The lowest BCUT2D eigenvalue weighted by atomic mass is 9.81. The summed E-state index contributed by atoms with van der Waals surface area (Å²) in [6.07, 6.45) is 1.31. The Morgan fingerprint density at radius 1 is 1.08 bits per heavy atom. The van der Waals surface area contributed by atoms with Gasteiger partial charge in [-0.15, -0.1) is 5.10 Å². The number of ether oxygens (including phenoxy) is 5. The first-order valence-corrected chi connectivity index (χ1v) is 17.3. The number of aromatic nitrogens is 4. The molecule has 4 unspecified atom stereocenters. The van der Waals surface area contributed by atoms with Gasteiger partial charge in [0.1, 0.15) is 24.2 Å². The molecule has 1 amide bonds. The summed E-state index contributed by atoms with van der Waals surface area (Å²) in [5.74, 6) is 1.64. The van der Waals surface area contributed by atoms with E-state index in [4.69, 9.17) is 34.1 Å². The van der Waals surface area contributed by atoms with Gasteiger partial charge in [-0.1, -0.05) is 18.2 Å². The topological polar surface area (TPSA) is 197 Å². The standard InChI is InChI=1S/C34H49N7O10/c1-46-15-6-13-39-14-18-48-31-12-7-24(19-29(31)39)23-50-32-22-40(34(43)49-16-4-3-5-17-51-41(44)45)26(21-30(42)33-35-37-38-36-33)20-28(32)25-8-10-27(47-2)11-9-25/h7-12,19,26,28,30,32,42,44-45H,3-6,13-18,20-23H2,1-2H3,(H,35,36,37,38). The fourth-order valence-electron chi connectivity index (χ4n) is 6.55. The van der Waals surface area contributed by atoms with Crippen molar-refractivity contribution in [1.82, 2.24) is 30.9 Å². The number of rotatable bonds is 19. The number of hydrogen-bond donors (Lipinski definition) is 4. The predicted octanol–water partition coefficient (Wildman–Crippen LogP) is 3.63. The molecular weight excluding hydrogens is 666 g/mol. The molecule has 17 nitrogen and oxygen atoms in total. The fraction of sp³-hybridized carbons (Fsp3) is 0.588. The number of likely N-dealkylation sites (tertiary alicyclic amines) is 1. The van der Waals surface area contributed by atoms with Crippen LogP contribution in [-0.2, 0) is 25.7 Å². The number of anilines is 1. The van der Waals surface area contributed by atoms with Gasteiger partial charge in [-0.25, -0.2) is 9.89 Å². The van der Waals surface area contributed by atoms with Crippen LogP contribution in [0.1, 0.15) is 67.5 Å². The monoisotopic (exact) mass is 715 g/mol. The third-order valence-electron chi connectivity index (χ3n) is 9.19. The number of benzene rings is 2. The lowest BCUT2D eigenvalue weighted by Crippen LogP contribution is -2.53. The number of hydrogen-bond acceptors (Lipinski definition) is 15. The van der Waals surface area contributed by atoms with E-state index in [9.17, 15) is 9.90 Å². The number of aliphatic hydroxyl groups is 1. The van der Waals surface area contributed by atoms with Gasteiger partial charge in [0, 0.05) is 38.6 Å². The third kappa shape index (κ3) is 10.9. The molecule has 4 atom stereocenters. The van der Waals surface area contributed by atoms with Crippen molar-refractivity contribution in [3.05, 3.63) is 59.4 Å². The van der Waals surface area contributed by atoms with Gasteiger partial charge in [-0.2, -0.15) is 0 Å². The van der Waals surface area contributed by atoms with E-state index < -0.39 is 24.3 Å². The molecule has 1 aromatic heterocycles. The van der Waals surface area contributed by atoms with Crippen LogP contribution in [0, 0.1) is 0 Å². The molecule has 2 aliphatic heterocycles. The molecule has 3 aromatic rings. The van der Waals surface area contributed by atoms with E-state index in [-0.39, 0.29) is 43.3 Å². The Labute approximate surface area is 296 Å². The molecule has 2 aliphatic rings. The Morgan fingerprint density at radius 3 is 2.65 bits per heavy atom. The van der Waals surface area contributed by atoms with Crippen LogP contribution in [0.5, 0.6) is 11.5 Å². The molecule has 0 spiro atoms. The van der Waals surface area contributed by atoms with Crippen molar-refractivity contribution in [1.29, 1.82) is 0 Å². The summed E-state index contributed by atoms with van der Waals surface area (Å²) in [5.41, 5.74) is 3.01. The zero-order valence-corrected chi connectivity index (χ0v) is 29.1. The molecule has 1 fully saturated rings. The number of nitrogens with zero attached hydrogens (tertiary/aromatic N) is 6. The van der Waals surface area contributed by atoms with E-state index in [1.54, 1.807) is 19.1 Å². The fourth-order valence-corrected chi connectivity index (χ4v) is 6.55. The van der Waals surface area contributed by atoms with Crippen molar-refractivity contribution in [2.24, 2.45) is 0 Å². The normalized spacial score (nSPS) is 19.5. The number of H-pyrrole nitrogens is 1. The zero-order chi connectivity index (χ0) is 36.0. The minimum atomic E-state index is -1.04. The number of tetrazole rings is 1. The van der Waals surface area contributed by atoms with Crippen molar-refractivity contribution in [2.75, 3.05) is 65.2 Å². The summed E-state index contributed by atoms with van der Waals surface area (Å²) >= 11 is 0. The van der Waals surface area contributed by atoms with Crippen molar-refractivity contribution < 1.29 is 48.8 Å². The van der Waals surface area contributed by atoms with Gasteiger partial charge in [-0.3, -0.25) is 15.3 Å². The number of aromatic amines is 1. The predicted molar refractivity (Wildman–Crippen MR) is 180 cm³/mol. The highest BCUT2D eigenvalue weighted by Crippen LogP contribution is 2.39. The summed E-state index contributed by atoms with van der Waals surface area (Å²) in [6, 6.07) is 13.5. The number of fused-ring (bicyclic) bond motifs is 1. The summed E-state index contributed by atoms with van der Waals surface area (Å²) in [4.78, 5) is 22.2. The molecule has 17 heteroatoms. The molecular formula is C34H49N7O10. The molecule has 0 bridgehead atoms. The van der Waals surface area contributed by atoms with E-state index in [0.717, 1.165) is 47.8 Å². The molecule has 5 rings (SSSR count). The Morgan fingerprint density at radius 2 is 1.90 bits per heavy atom. The number of unbranched alkanes of at least 4 members (excludes halogenated alkanes) is 2. The first-order valence-electron chi connectivity index (χ1n) is 17.3. The number of carbonyl (C=O) groups is 1. The maximum Gasteiger partial charge on any atom is 0.410 e. The Kier molecular flexibility index (Phi) is 14.6. The minimum absolute atomic E-state index is 0.110. The molecule has 280 valence electrons. The quantitative estimate of drug-likeness (QED) is 0.104. The average Bonchev–Trinajstić information content (AvgIpc) is 3.69. The number of aliphatic hydroxyl groups excluding tert-OH is 1. The van der Waals surface area contributed by atoms with E-state index in [1.807, 2.05) is 36.4 Å². The van der Waals surface area contributed by atoms with Gasteiger partial charge < -0.3 is 38.6 Å². The van der Waals surface area contributed by atoms with E-state index >= 15 is 0 Å². The maximum absolute atomic E-state index is 13.7. The first-order chi connectivity index (χ1) is 24.9. The van der Waals surface area contributed by atoms with Gasteiger partial charge in [-0.05, 0) is 77.9 Å². The van der Waals surface area contributed by atoms with Crippen LogP contribution < -0.4 is 14.4 Å². The van der Waals surface area contributed by atoms with E-state index in [2.05, 4.69) is 36.4 Å². The average molecular weight is 716 g/mol. The second-order valence-electron chi connectivity index (χ2n) is 12.6. The molecule has 3 heterocycles. The summed E-state index contributed by atoms with van der Waals surface area (Å²) < 4.78 is 29.0. The van der Waals surface area contributed by atoms with Crippen LogP contribution in [0.3, 0.4) is 0 Å². The SMILES string of the molecule is COCCCN1CCOc2ccc(COC3CN(C(=O)OCCCCCON(O)O)C(CC(O)c4nnn[nH]4)CC3c3ccc(OC)cc3)cc21. The van der Waals surface area contributed by atoms with Gasteiger partial charge in [0.25, 0.3) is 0 Å². The molecule has 0 saturated carbocycles. The number of carbonyl (C=O) groups excluding carboxylic acids is 1. The van der Waals surface area contributed by atoms with Crippen LogP contribution in [0.15, 0.2) is 42.5 Å². The smallest absolute Gasteiger partial charge is 0.410 e. The lowest BCUT2D eigenvalue weighted by Gasteiger charge is -2.44. The molecule has 2 aromatic carbocycles. The van der Waals surface area contributed by atoms with Crippen molar-refractivity contribution in [2.45, 2.75) is 69.3 Å². The Balaban J connectivity index is 1.33. The van der Waals surface area contributed by atoms with Crippen molar-refractivity contribution in [3.63, 3.8) is 0 Å². The van der Waals surface area contributed by atoms with Crippen LogP contribution in [0.2, 0.25) is 0 Å². The largest absolute Gasteiger partial charge is 0.497 e. The van der Waals surface area contributed by atoms with Crippen LogP contribution in [-0.4, -0.2) is 125 Å². The van der Waals surface area contributed by atoms with E-state index in [0.29, 0.717) is 45.5 Å². The molecule has 0 aliphatic carbocycles. The number of methoxy groups -OCH3 is 2. The lowest BCUT2D eigenvalue weighted by molar-refractivity contribution is -0.492. The highest BCUT2D eigenvalue weighted by Gasteiger charge is 2.41. The van der Waals surface area contributed by atoms with Crippen LogP contribution in [0.25, 0.3) is 0 Å².